The lowest BCUT2D eigenvalue weighted by atomic mass is 10.1. The molecule has 2 atom stereocenters. The fourth-order valence-electron chi connectivity index (χ4n) is 1.30. The van der Waals surface area contributed by atoms with Crippen LogP contribution in [0.4, 0.5) is 0 Å². The van der Waals surface area contributed by atoms with Gasteiger partial charge in [-0.15, -0.1) is 0 Å². The Morgan fingerprint density at radius 2 is 2.23 bits per heavy atom. The highest BCUT2D eigenvalue weighted by Gasteiger charge is 2.07. The first kappa shape index (κ1) is 10.8. The second kappa shape index (κ2) is 5.43. The largest absolute Gasteiger partial charge is 0.270 e. The predicted molar refractivity (Wildman–Crippen MR) is 59.2 cm³/mol. The van der Waals surface area contributed by atoms with Crippen LogP contribution in [0.1, 0.15) is 39.2 Å². The van der Waals surface area contributed by atoms with Crippen LogP contribution < -0.4 is 0 Å². The molecular formula is C10H17BrN2. The van der Waals surface area contributed by atoms with Crippen LogP contribution in [-0.4, -0.2) is 14.6 Å². The summed E-state index contributed by atoms with van der Waals surface area (Å²) in [6.45, 7) is 4.42. The van der Waals surface area contributed by atoms with Crippen LogP contribution in [0.25, 0.3) is 0 Å². The van der Waals surface area contributed by atoms with Crippen molar-refractivity contribution in [2.24, 2.45) is 0 Å². The third-order valence-corrected chi connectivity index (χ3v) is 3.42. The van der Waals surface area contributed by atoms with E-state index in [0.29, 0.717) is 10.9 Å². The zero-order chi connectivity index (χ0) is 9.68. The summed E-state index contributed by atoms with van der Waals surface area (Å²) in [4.78, 5) is 0.658. The highest BCUT2D eigenvalue weighted by atomic mass is 79.9. The molecule has 0 aliphatic heterocycles. The third kappa shape index (κ3) is 3.51. The minimum atomic E-state index is 0.515. The molecule has 13 heavy (non-hydrogen) atoms. The molecule has 2 nitrogen and oxygen atoms in total. The molecule has 3 heteroatoms. The standard InChI is InChI=1S/C10H17BrN2/c1-3-10(11)6-5-9(2)13-8-4-7-12-13/h4,7-10H,3,5-6H2,1-2H3. The lowest BCUT2D eigenvalue weighted by molar-refractivity contribution is 0.443. The van der Waals surface area contributed by atoms with Gasteiger partial charge in [0.2, 0.25) is 0 Å². The monoisotopic (exact) mass is 244 g/mol. The first-order valence-corrected chi connectivity index (χ1v) is 5.78. The van der Waals surface area contributed by atoms with Crippen molar-refractivity contribution >= 4 is 15.9 Å². The number of hydrogen-bond donors (Lipinski definition) is 0. The zero-order valence-corrected chi connectivity index (χ0v) is 9.87. The van der Waals surface area contributed by atoms with Gasteiger partial charge in [0.1, 0.15) is 0 Å². The van der Waals surface area contributed by atoms with Crippen LogP contribution in [0.2, 0.25) is 0 Å². The summed E-state index contributed by atoms with van der Waals surface area (Å²) < 4.78 is 2.02. The number of rotatable bonds is 5. The maximum Gasteiger partial charge on any atom is 0.0491 e. The van der Waals surface area contributed by atoms with E-state index < -0.39 is 0 Å². The van der Waals surface area contributed by atoms with Crippen LogP contribution in [-0.2, 0) is 0 Å². The highest BCUT2D eigenvalue weighted by molar-refractivity contribution is 9.09. The Morgan fingerprint density at radius 1 is 1.46 bits per heavy atom. The van der Waals surface area contributed by atoms with Crippen molar-refractivity contribution in [3.63, 3.8) is 0 Å². The van der Waals surface area contributed by atoms with Crippen molar-refractivity contribution in [1.29, 1.82) is 0 Å². The van der Waals surface area contributed by atoms with Gasteiger partial charge in [-0.2, -0.15) is 5.10 Å². The molecule has 0 aromatic carbocycles. The maximum atomic E-state index is 4.22. The van der Waals surface area contributed by atoms with Crippen molar-refractivity contribution in [2.45, 2.75) is 44.0 Å². The number of hydrogen-bond acceptors (Lipinski definition) is 1. The predicted octanol–water partition coefficient (Wildman–Crippen LogP) is 3.40. The van der Waals surface area contributed by atoms with Gasteiger partial charge in [0, 0.05) is 23.3 Å². The van der Waals surface area contributed by atoms with Gasteiger partial charge in [0.25, 0.3) is 0 Å². The molecule has 0 saturated carbocycles. The van der Waals surface area contributed by atoms with Crippen molar-refractivity contribution < 1.29 is 0 Å². The van der Waals surface area contributed by atoms with E-state index in [2.05, 4.69) is 34.9 Å². The Kier molecular flexibility index (Phi) is 4.50. The minimum absolute atomic E-state index is 0.515. The van der Waals surface area contributed by atoms with E-state index in [1.165, 1.54) is 19.3 Å². The Bertz CT molecular complexity index is 221. The molecule has 0 fully saturated rings. The van der Waals surface area contributed by atoms with Crippen molar-refractivity contribution in [1.82, 2.24) is 9.78 Å². The van der Waals surface area contributed by atoms with E-state index in [-0.39, 0.29) is 0 Å². The molecular weight excluding hydrogens is 228 g/mol. The topological polar surface area (TPSA) is 17.8 Å². The number of halogens is 1. The molecule has 0 aliphatic carbocycles. The summed E-state index contributed by atoms with van der Waals surface area (Å²) in [6.07, 6.45) is 7.47. The Balaban J connectivity index is 2.30. The second-order valence-corrected chi connectivity index (χ2v) is 4.71. The van der Waals surface area contributed by atoms with Crippen LogP contribution in [0, 0.1) is 0 Å². The average molecular weight is 245 g/mol. The molecule has 0 aliphatic rings. The Labute approximate surface area is 88.5 Å². The average Bonchev–Trinajstić information content (AvgIpc) is 2.66. The van der Waals surface area contributed by atoms with Crippen LogP contribution in [0.3, 0.4) is 0 Å². The maximum absolute atomic E-state index is 4.22. The molecule has 1 aromatic heterocycles. The molecule has 0 saturated heterocycles. The van der Waals surface area contributed by atoms with Gasteiger partial charge >= 0.3 is 0 Å². The molecule has 0 amide bonds. The van der Waals surface area contributed by atoms with E-state index in [0.717, 1.165) is 0 Å². The number of nitrogens with zero attached hydrogens (tertiary/aromatic N) is 2. The summed E-state index contributed by atoms with van der Waals surface area (Å²) in [5, 5.41) is 4.22. The van der Waals surface area contributed by atoms with Gasteiger partial charge < -0.3 is 0 Å². The molecule has 1 rings (SSSR count). The zero-order valence-electron chi connectivity index (χ0n) is 8.28. The third-order valence-electron chi connectivity index (χ3n) is 2.32. The molecule has 0 radical (unpaired) electrons. The Hall–Kier alpha value is -0.310. The van der Waals surface area contributed by atoms with Crippen LogP contribution in [0.15, 0.2) is 18.5 Å². The van der Waals surface area contributed by atoms with Gasteiger partial charge in [0.15, 0.2) is 0 Å². The fourth-order valence-corrected chi connectivity index (χ4v) is 1.56. The van der Waals surface area contributed by atoms with Gasteiger partial charge in [-0.25, -0.2) is 0 Å². The van der Waals surface area contributed by atoms with Crippen LogP contribution in [0.5, 0.6) is 0 Å². The summed E-state index contributed by atoms with van der Waals surface area (Å²) >= 11 is 3.64. The first-order chi connectivity index (χ1) is 6.24. The smallest absolute Gasteiger partial charge is 0.0491 e. The lowest BCUT2D eigenvalue weighted by Gasteiger charge is -2.13. The molecule has 1 heterocycles. The normalized spacial score (nSPS) is 15.6. The van der Waals surface area contributed by atoms with Gasteiger partial charge in [-0.05, 0) is 32.3 Å². The van der Waals surface area contributed by atoms with Crippen molar-refractivity contribution in [3.05, 3.63) is 18.5 Å². The van der Waals surface area contributed by atoms with Gasteiger partial charge in [-0.3, -0.25) is 4.68 Å². The second-order valence-electron chi connectivity index (χ2n) is 3.42. The van der Waals surface area contributed by atoms with Gasteiger partial charge in [0.05, 0.1) is 0 Å². The van der Waals surface area contributed by atoms with E-state index in [9.17, 15) is 0 Å². The van der Waals surface area contributed by atoms with Crippen molar-refractivity contribution in [2.75, 3.05) is 0 Å². The number of aromatic nitrogens is 2. The van der Waals surface area contributed by atoms with Crippen LogP contribution >= 0.6 is 15.9 Å². The molecule has 0 bridgehead atoms. The molecule has 2 unspecified atom stereocenters. The first-order valence-electron chi connectivity index (χ1n) is 4.87. The molecule has 1 aromatic rings. The van der Waals surface area contributed by atoms with E-state index in [4.69, 9.17) is 0 Å². The SMILES string of the molecule is CCC(Br)CCC(C)n1cccn1. The van der Waals surface area contributed by atoms with Gasteiger partial charge in [-0.1, -0.05) is 22.9 Å². The number of alkyl halides is 1. The summed E-state index contributed by atoms with van der Waals surface area (Å²) in [7, 11) is 0. The summed E-state index contributed by atoms with van der Waals surface area (Å²) in [5.41, 5.74) is 0. The minimum Gasteiger partial charge on any atom is -0.270 e. The van der Waals surface area contributed by atoms with E-state index >= 15 is 0 Å². The molecule has 74 valence electrons. The summed E-state index contributed by atoms with van der Waals surface area (Å²) in [6, 6.07) is 2.49. The molecule has 0 N–H and O–H groups in total. The quantitative estimate of drug-likeness (QED) is 0.727. The summed E-state index contributed by atoms with van der Waals surface area (Å²) in [5.74, 6) is 0. The van der Waals surface area contributed by atoms with E-state index in [1.54, 1.807) is 0 Å². The highest BCUT2D eigenvalue weighted by Crippen LogP contribution is 2.18. The van der Waals surface area contributed by atoms with E-state index in [1.807, 2.05) is 23.1 Å². The molecule has 0 spiro atoms. The fraction of sp³-hybridized carbons (Fsp3) is 0.700. The van der Waals surface area contributed by atoms with Crippen molar-refractivity contribution in [3.8, 4) is 0 Å². The Morgan fingerprint density at radius 3 is 2.77 bits per heavy atom. The lowest BCUT2D eigenvalue weighted by Crippen LogP contribution is -2.07.